The van der Waals surface area contributed by atoms with Gasteiger partial charge in [0.15, 0.2) is 5.50 Å². The van der Waals surface area contributed by atoms with Crippen molar-refractivity contribution in [3.05, 3.63) is 17.9 Å². The maximum atomic E-state index is 11.3. The van der Waals surface area contributed by atoms with Crippen molar-refractivity contribution in [1.82, 2.24) is 0 Å². The van der Waals surface area contributed by atoms with Crippen molar-refractivity contribution in [3.63, 3.8) is 0 Å². The second-order valence-electron chi connectivity index (χ2n) is 2.74. The Kier molecular flexibility index (Phi) is 1.74. The number of furan rings is 1. The molecule has 0 bridgehead atoms. The molecule has 10 heavy (non-hydrogen) atoms. The van der Waals surface area contributed by atoms with E-state index in [0.29, 0.717) is 5.50 Å². The Bertz CT molecular complexity index is 269. The van der Waals surface area contributed by atoms with Crippen molar-refractivity contribution in [2.45, 2.75) is 6.92 Å². The van der Waals surface area contributed by atoms with Crippen LogP contribution in [0, 0.1) is 6.92 Å². The minimum atomic E-state index is -2.16. The Labute approximate surface area is 60.6 Å². The molecule has 0 unspecified atom stereocenters. The third-order valence-electron chi connectivity index (χ3n) is 1.26. The summed E-state index contributed by atoms with van der Waals surface area (Å²) >= 11 is 0. The third kappa shape index (κ3) is 1.51. The molecule has 1 rings (SSSR count). The molecule has 0 radical (unpaired) electrons. The lowest BCUT2D eigenvalue weighted by Gasteiger charge is -1.99. The van der Waals surface area contributed by atoms with Crippen LogP contribution in [0.5, 0.6) is 0 Å². The molecular formula is C7H11O2P. The van der Waals surface area contributed by atoms with E-state index in [0.717, 1.165) is 5.76 Å². The molecule has 0 N–H and O–H groups in total. The summed E-state index contributed by atoms with van der Waals surface area (Å²) in [6.45, 7) is 5.25. The van der Waals surface area contributed by atoms with Crippen LogP contribution in [0.25, 0.3) is 0 Å². The first-order valence-electron chi connectivity index (χ1n) is 3.12. The van der Waals surface area contributed by atoms with Crippen molar-refractivity contribution in [1.29, 1.82) is 0 Å². The molecule has 0 amide bonds. The second-order valence-corrected chi connectivity index (χ2v) is 5.88. The van der Waals surface area contributed by atoms with Gasteiger partial charge in [-0.15, -0.1) is 0 Å². The number of aryl methyl sites for hydroxylation is 1. The van der Waals surface area contributed by atoms with Gasteiger partial charge in [-0.3, -0.25) is 0 Å². The van der Waals surface area contributed by atoms with Crippen molar-refractivity contribution in [2.24, 2.45) is 0 Å². The predicted molar refractivity (Wildman–Crippen MR) is 42.5 cm³/mol. The van der Waals surface area contributed by atoms with E-state index in [1.54, 1.807) is 19.4 Å². The third-order valence-corrected chi connectivity index (χ3v) is 2.56. The summed E-state index contributed by atoms with van der Waals surface area (Å²) < 4.78 is 16.5. The smallest absolute Gasteiger partial charge is 0.162 e. The quantitative estimate of drug-likeness (QED) is 0.583. The minimum absolute atomic E-state index is 0.616. The monoisotopic (exact) mass is 158 g/mol. The van der Waals surface area contributed by atoms with Gasteiger partial charge >= 0.3 is 0 Å². The van der Waals surface area contributed by atoms with E-state index in [1.807, 2.05) is 13.0 Å². The molecule has 0 saturated carbocycles. The zero-order chi connectivity index (χ0) is 7.78. The van der Waals surface area contributed by atoms with Crippen LogP contribution in [-0.4, -0.2) is 13.3 Å². The Morgan fingerprint density at radius 2 is 2.00 bits per heavy atom. The van der Waals surface area contributed by atoms with Crippen LogP contribution in [0.2, 0.25) is 0 Å². The molecule has 0 atom stereocenters. The lowest BCUT2D eigenvalue weighted by molar-refractivity contribution is 0.546. The maximum Gasteiger partial charge on any atom is 0.162 e. The second kappa shape index (κ2) is 2.28. The van der Waals surface area contributed by atoms with E-state index in [9.17, 15) is 4.57 Å². The van der Waals surface area contributed by atoms with Gasteiger partial charge < -0.3 is 8.98 Å². The van der Waals surface area contributed by atoms with Gasteiger partial charge in [-0.05, 0) is 32.4 Å². The molecule has 0 aliphatic heterocycles. The summed E-state index contributed by atoms with van der Waals surface area (Å²) in [6, 6.07) is 3.60. The van der Waals surface area contributed by atoms with Gasteiger partial charge in [-0.2, -0.15) is 0 Å². The molecule has 2 nitrogen and oxygen atoms in total. The maximum absolute atomic E-state index is 11.3. The lowest BCUT2D eigenvalue weighted by Crippen LogP contribution is -1.96. The van der Waals surface area contributed by atoms with Crippen LogP contribution in [0.4, 0.5) is 0 Å². The van der Waals surface area contributed by atoms with Gasteiger partial charge in [0.2, 0.25) is 0 Å². The molecule has 1 aromatic rings. The molecule has 3 heteroatoms. The fourth-order valence-electron chi connectivity index (χ4n) is 0.711. The molecule has 0 fully saturated rings. The van der Waals surface area contributed by atoms with Crippen LogP contribution in [0.3, 0.4) is 0 Å². The predicted octanol–water partition coefficient (Wildman–Crippen LogP) is 1.84. The van der Waals surface area contributed by atoms with Crippen LogP contribution in [-0.2, 0) is 4.57 Å². The number of rotatable bonds is 1. The largest absolute Gasteiger partial charge is 0.458 e. The van der Waals surface area contributed by atoms with Gasteiger partial charge in [0.1, 0.15) is 12.9 Å². The average Bonchev–Trinajstić information content (AvgIpc) is 2.11. The first-order valence-corrected chi connectivity index (χ1v) is 5.72. The molecule has 0 aromatic carbocycles. The molecule has 56 valence electrons. The Morgan fingerprint density at radius 1 is 1.40 bits per heavy atom. The first-order chi connectivity index (χ1) is 4.50. The number of hydrogen-bond donors (Lipinski definition) is 0. The fraction of sp³-hybridized carbons (Fsp3) is 0.429. The molecule has 0 saturated heterocycles. The highest BCUT2D eigenvalue weighted by molar-refractivity contribution is 7.69. The zero-order valence-electron chi connectivity index (χ0n) is 6.42. The molecule has 0 spiro atoms. The first kappa shape index (κ1) is 7.62. The lowest BCUT2D eigenvalue weighted by atomic mass is 10.5. The minimum Gasteiger partial charge on any atom is -0.458 e. The molecule has 1 heterocycles. The molecular weight excluding hydrogens is 147 g/mol. The Balaban J connectivity index is 3.08. The molecule has 0 aliphatic carbocycles. The summed E-state index contributed by atoms with van der Waals surface area (Å²) in [5, 5.41) is 0. The fourth-order valence-corrected chi connectivity index (χ4v) is 1.51. The standard InChI is InChI=1S/C7H11O2P/c1-6-4-5-7(9-6)10(2,3)8/h4-5H,1-3H3. The topological polar surface area (TPSA) is 30.2 Å². The van der Waals surface area contributed by atoms with E-state index in [-0.39, 0.29) is 0 Å². The van der Waals surface area contributed by atoms with Crippen LogP contribution in [0.15, 0.2) is 16.5 Å². The highest BCUT2D eigenvalue weighted by atomic mass is 31.2. The van der Waals surface area contributed by atoms with E-state index in [1.165, 1.54) is 0 Å². The van der Waals surface area contributed by atoms with E-state index in [2.05, 4.69) is 0 Å². The van der Waals surface area contributed by atoms with Crippen molar-refractivity contribution >= 4 is 12.6 Å². The van der Waals surface area contributed by atoms with Crippen LogP contribution < -0.4 is 5.50 Å². The van der Waals surface area contributed by atoms with Gasteiger partial charge in [0.05, 0.1) is 0 Å². The zero-order valence-corrected chi connectivity index (χ0v) is 7.31. The van der Waals surface area contributed by atoms with Gasteiger partial charge in [-0.25, -0.2) is 0 Å². The summed E-state index contributed by atoms with van der Waals surface area (Å²) in [4.78, 5) is 0. The summed E-state index contributed by atoms with van der Waals surface area (Å²) in [7, 11) is -2.16. The highest BCUT2D eigenvalue weighted by Crippen LogP contribution is 2.34. The summed E-state index contributed by atoms with van der Waals surface area (Å²) in [6.07, 6.45) is 0. The van der Waals surface area contributed by atoms with E-state index < -0.39 is 7.14 Å². The average molecular weight is 158 g/mol. The van der Waals surface area contributed by atoms with Crippen LogP contribution >= 0.6 is 7.14 Å². The molecule has 0 aliphatic rings. The summed E-state index contributed by atoms with van der Waals surface area (Å²) in [5.74, 6) is 0.818. The highest BCUT2D eigenvalue weighted by Gasteiger charge is 2.14. The Hall–Kier alpha value is -0.490. The van der Waals surface area contributed by atoms with Crippen LogP contribution in [0.1, 0.15) is 5.76 Å². The Morgan fingerprint density at radius 3 is 2.20 bits per heavy atom. The van der Waals surface area contributed by atoms with Gasteiger partial charge in [0, 0.05) is 0 Å². The van der Waals surface area contributed by atoms with Crippen molar-refractivity contribution in [2.75, 3.05) is 13.3 Å². The van der Waals surface area contributed by atoms with E-state index >= 15 is 0 Å². The summed E-state index contributed by atoms with van der Waals surface area (Å²) in [5.41, 5.74) is 0.616. The van der Waals surface area contributed by atoms with Crippen molar-refractivity contribution in [3.8, 4) is 0 Å². The van der Waals surface area contributed by atoms with Gasteiger partial charge in [0.25, 0.3) is 0 Å². The number of hydrogen-bond acceptors (Lipinski definition) is 2. The van der Waals surface area contributed by atoms with E-state index in [4.69, 9.17) is 4.42 Å². The normalized spacial score (nSPS) is 11.9. The molecule has 1 aromatic heterocycles. The van der Waals surface area contributed by atoms with Gasteiger partial charge in [-0.1, -0.05) is 0 Å². The van der Waals surface area contributed by atoms with Crippen molar-refractivity contribution < 1.29 is 8.98 Å². The SMILES string of the molecule is Cc1ccc(P(C)(C)=O)o1.